The minimum absolute atomic E-state index is 0.0157. The average Bonchev–Trinajstić information content (AvgIpc) is 2.39. The Morgan fingerprint density at radius 2 is 2.11 bits per heavy atom. The lowest BCUT2D eigenvalue weighted by atomic mass is 10.1. The van der Waals surface area contributed by atoms with Crippen LogP contribution in [0.3, 0.4) is 0 Å². The van der Waals surface area contributed by atoms with E-state index in [-0.39, 0.29) is 11.8 Å². The van der Waals surface area contributed by atoms with Gasteiger partial charge in [-0.25, -0.2) is 4.79 Å². The predicted molar refractivity (Wildman–Crippen MR) is 78.1 cm³/mol. The van der Waals surface area contributed by atoms with E-state index in [1.54, 1.807) is 26.2 Å². The van der Waals surface area contributed by atoms with Gasteiger partial charge in [0, 0.05) is 29.7 Å². The number of carbonyl (C=O) groups is 2. The molecule has 0 fully saturated rings. The van der Waals surface area contributed by atoms with Gasteiger partial charge < -0.3 is 10.2 Å². The van der Waals surface area contributed by atoms with Crippen LogP contribution in [0.15, 0.2) is 22.7 Å². The molecule has 4 nitrogen and oxygen atoms in total. The maximum atomic E-state index is 11.4. The highest BCUT2D eigenvalue weighted by Gasteiger charge is 2.05. The smallest absolute Gasteiger partial charge is 0.317 e. The standard InChI is InChI=1S/C14H15BrN2O2/c1-10(18)12-9-11(6-7-13(12)15)5-4-8-17(3)14(19)16-2/h6-7,9H,8H2,1-3H3,(H,16,19). The van der Waals surface area contributed by atoms with Crippen LogP contribution in [-0.4, -0.2) is 37.4 Å². The van der Waals surface area contributed by atoms with Gasteiger partial charge in [-0.2, -0.15) is 0 Å². The fourth-order valence-corrected chi connectivity index (χ4v) is 1.92. The van der Waals surface area contributed by atoms with E-state index in [1.807, 2.05) is 6.07 Å². The zero-order chi connectivity index (χ0) is 14.4. The Labute approximate surface area is 121 Å². The van der Waals surface area contributed by atoms with Gasteiger partial charge >= 0.3 is 6.03 Å². The Bertz CT molecular complexity index is 558. The van der Waals surface area contributed by atoms with E-state index in [0.717, 1.165) is 10.0 Å². The quantitative estimate of drug-likeness (QED) is 0.670. The van der Waals surface area contributed by atoms with E-state index >= 15 is 0 Å². The number of rotatable bonds is 2. The number of ketones is 1. The van der Waals surface area contributed by atoms with E-state index in [1.165, 1.54) is 11.8 Å². The molecule has 5 heteroatoms. The van der Waals surface area contributed by atoms with Gasteiger partial charge in [-0.3, -0.25) is 4.79 Å². The van der Waals surface area contributed by atoms with Crippen LogP contribution in [0.25, 0.3) is 0 Å². The van der Waals surface area contributed by atoms with Crippen LogP contribution >= 0.6 is 15.9 Å². The SMILES string of the molecule is CNC(=O)N(C)CC#Cc1ccc(Br)c(C(C)=O)c1. The summed E-state index contributed by atoms with van der Waals surface area (Å²) in [4.78, 5) is 24.1. The van der Waals surface area contributed by atoms with Gasteiger partial charge in [0.1, 0.15) is 0 Å². The van der Waals surface area contributed by atoms with Gasteiger partial charge in [0.15, 0.2) is 5.78 Å². The van der Waals surface area contributed by atoms with Crippen LogP contribution in [-0.2, 0) is 0 Å². The number of nitrogens with zero attached hydrogens (tertiary/aromatic N) is 1. The predicted octanol–water partition coefficient (Wildman–Crippen LogP) is 2.27. The van der Waals surface area contributed by atoms with E-state index in [2.05, 4.69) is 33.1 Å². The third-order valence-corrected chi connectivity index (χ3v) is 3.15. The first kappa shape index (κ1) is 15.3. The van der Waals surface area contributed by atoms with Crippen molar-refractivity contribution in [3.8, 4) is 11.8 Å². The summed E-state index contributed by atoms with van der Waals surface area (Å²) in [6.45, 7) is 1.84. The van der Waals surface area contributed by atoms with Crippen LogP contribution in [0.2, 0.25) is 0 Å². The molecule has 0 saturated heterocycles. The van der Waals surface area contributed by atoms with Crippen molar-refractivity contribution in [1.82, 2.24) is 10.2 Å². The van der Waals surface area contributed by atoms with Gasteiger partial charge in [0.2, 0.25) is 0 Å². The molecule has 1 aromatic rings. The van der Waals surface area contributed by atoms with Crippen molar-refractivity contribution in [1.29, 1.82) is 0 Å². The number of benzene rings is 1. The average molecular weight is 323 g/mol. The fraction of sp³-hybridized carbons (Fsp3) is 0.286. The fourth-order valence-electron chi connectivity index (χ4n) is 1.40. The number of Topliss-reactive ketones (excluding diaryl/α,β-unsaturated/α-hetero) is 1. The summed E-state index contributed by atoms with van der Waals surface area (Å²) < 4.78 is 0.757. The van der Waals surface area contributed by atoms with Gasteiger partial charge in [0.25, 0.3) is 0 Å². The Kier molecular flexibility index (Phi) is 5.58. The summed E-state index contributed by atoms with van der Waals surface area (Å²) in [7, 11) is 3.23. The van der Waals surface area contributed by atoms with E-state index in [4.69, 9.17) is 0 Å². The normalized spacial score (nSPS) is 9.26. The molecule has 100 valence electrons. The first-order valence-corrected chi connectivity index (χ1v) is 6.47. The van der Waals surface area contributed by atoms with Gasteiger partial charge in [-0.1, -0.05) is 27.8 Å². The minimum Gasteiger partial charge on any atom is -0.341 e. The third kappa shape index (κ3) is 4.42. The van der Waals surface area contributed by atoms with Crippen LogP contribution in [0.1, 0.15) is 22.8 Å². The summed E-state index contributed by atoms with van der Waals surface area (Å²) in [6.07, 6.45) is 0. The Morgan fingerprint density at radius 1 is 1.42 bits per heavy atom. The second-order valence-electron chi connectivity index (χ2n) is 3.96. The minimum atomic E-state index is -0.186. The molecule has 2 amide bonds. The van der Waals surface area contributed by atoms with Crippen molar-refractivity contribution >= 4 is 27.7 Å². The lowest BCUT2D eigenvalue weighted by Crippen LogP contribution is -2.34. The molecule has 1 rings (SSSR count). The number of carbonyl (C=O) groups excluding carboxylic acids is 2. The maximum Gasteiger partial charge on any atom is 0.317 e. The second-order valence-corrected chi connectivity index (χ2v) is 4.82. The number of amides is 2. The molecular weight excluding hydrogens is 308 g/mol. The first-order chi connectivity index (χ1) is 8.95. The van der Waals surface area contributed by atoms with E-state index < -0.39 is 0 Å². The summed E-state index contributed by atoms with van der Waals surface area (Å²) in [5.74, 6) is 5.81. The zero-order valence-electron chi connectivity index (χ0n) is 11.1. The maximum absolute atomic E-state index is 11.4. The van der Waals surface area contributed by atoms with E-state index in [9.17, 15) is 9.59 Å². The molecule has 0 bridgehead atoms. The molecule has 0 saturated carbocycles. The topological polar surface area (TPSA) is 49.4 Å². The molecule has 0 unspecified atom stereocenters. The monoisotopic (exact) mass is 322 g/mol. The lowest BCUT2D eigenvalue weighted by molar-refractivity contribution is 0.101. The summed E-state index contributed by atoms with van der Waals surface area (Å²) in [6, 6.07) is 5.17. The lowest BCUT2D eigenvalue weighted by Gasteiger charge is -2.11. The molecule has 0 spiro atoms. The number of hydrogen-bond donors (Lipinski definition) is 1. The molecule has 0 radical (unpaired) electrons. The summed E-state index contributed by atoms with van der Waals surface area (Å²) >= 11 is 3.32. The molecule has 0 atom stereocenters. The van der Waals surface area contributed by atoms with Crippen molar-refractivity contribution in [2.75, 3.05) is 20.6 Å². The summed E-state index contributed by atoms with van der Waals surface area (Å²) in [5.41, 5.74) is 1.35. The molecule has 0 heterocycles. The number of nitrogens with one attached hydrogen (secondary N) is 1. The highest BCUT2D eigenvalue weighted by molar-refractivity contribution is 9.10. The second kappa shape index (κ2) is 6.95. The highest BCUT2D eigenvalue weighted by atomic mass is 79.9. The van der Waals surface area contributed by atoms with Crippen LogP contribution in [0.5, 0.6) is 0 Å². The highest BCUT2D eigenvalue weighted by Crippen LogP contribution is 2.18. The third-order valence-electron chi connectivity index (χ3n) is 2.46. The Hall–Kier alpha value is -1.80. The first-order valence-electron chi connectivity index (χ1n) is 5.68. The number of urea groups is 1. The Morgan fingerprint density at radius 3 is 2.68 bits per heavy atom. The largest absolute Gasteiger partial charge is 0.341 e. The molecular formula is C14H15BrN2O2. The Balaban J connectivity index is 2.82. The number of hydrogen-bond acceptors (Lipinski definition) is 2. The van der Waals surface area contributed by atoms with Crippen molar-refractivity contribution in [3.63, 3.8) is 0 Å². The zero-order valence-corrected chi connectivity index (χ0v) is 12.7. The molecule has 0 aliphatic heterocycles. The van der Waals surface area contributed by atoms with Crippen molar-refractivity contribution in [2.24, 2.45) is 0 Å². The van der Waals surface area contributed by atoms with Gasteiger partial charge in [-0.15, -0.1) is 0 Å². The van der Waals surface area contributed by atoms with Crippen molar-refractivity contribution < 1.29 is 9.59 Å². The van der Waals surface area contributed by atoms with Gasteiger partial charge in [-0.05, 0) is 25.1 Å². The van der Waals surface area contributed by atoms with Crippen molar-refractivity contribution in [3.05, 3.63) is 33.8 Å². The summed E-state index contributed by atoms with van der Waals surface area (Å²) in [5, 5.41) is 2.51. The molecule has 0 aromatic heterocycles. The van der Waals surface area contributed by atoms with E-state index in [0.29, 0.717) is 12.1 Å². The van der Waals surface area contributed by atoms with Crippen LogP contribution < -0.4 is 5.32 Å². The van der Waals surface area contributed by atoms with Gasteiger partial charge in [0.05, 0.1) is 6.54 Å². The molecule has 1 aromatic carbocycles. The molecule has 19 heavy (non-hydrogen) atoms. The van der Waals surface area contributed by atoms with Crippen molar-refractivity contribution in [2.45, 2.75) is 6.92 Å². The molecule has 0 aliphatic rings. The van der Waals surface area contributed by atoms with Crippen LogP contribution in [0, 0.1) is 11.8 Å². The number of halogens is 1. The molecule has 0 aliphatic carbocycles. The van der Waals surface area contributed by atoms with Crippen LogP contribution in [0.4, 0.5) is 4.79 Å². The molecule has 1 N–H and O–H groups in total.